The summed E-state index contributed by atoms with van der Waals surface area (Å²) in [6.45, 7) is 0.291. The van der Waals surface area contributed by atoms with Crippen LogP contribution in [0.2, 0.25) is 0 Å². The first-order chi connectivity index (χ1) is 7.74. The van der Waals surface area contributed by atoms with Crippen LogP contribution in [0.1, 0.15) is 18.4 Å². The van der Waals surface area contributed by atoms with E-state index in [2.05, 4.69) is 5.32 Å². The molecular formula is C12H15F2NO. The van der Waals surface area contributed by atoms with Crippen molar-refractivity contribution in [3.63, 3.8) is 0 Å². The highest BCUT2D eigenvalue weighted by Gasteiger charge is 2.19. The quantitative estimate of drug-likeness (QED) is 0.806. The van der Waals surface area contributed by atoms with Gasteiger partial charge in [-0.25, -0.2) is 8.78 Å². The molecule has 1 aliphatic carbocycles. The van der Waals surface area contributed by atoms with E-state index < -0.39 is 13.0 Å². The molecule has 0 radical (unpaired) electrons. The molecule has 0 aromatic heterocycles. The van der Waals surface area contributed by atoms with Gasteiger partial charge >= 0.3 is 0 Å². The predicted octanol–water partition coefficient (Wildman–Crippen LogP) is 2.58. The minimum absolute atomic E-state index is 0.496. The van der Waals surface area contributed by atoms with Gasteiger partial charge in [0.15, 0.2) is 0 Å². The Labute approximate surface area is 93.6 Å². The van der Waals surface area contributed by atoms with Gasteiger partial charge < -0.3 is 10.1 Å². The van der Waals surface area contributed by atoms with Gasteiger partial charge in [-0.1, -0.05) is 12.1 Å². The fourth-order valence-electron chi connectivity index (χ4n) is 1.41. The third kappa shape index (κ3) is 3.77. The zero-order valence-corrected chi connectivity index (χ0v) is 8.96. The van der Waals surface area contributed by atoms with E-state index in [0.29, 0.717) is 11.8 Å². The van der Waals surface area contributed by atoms with Crippen molar-refractivity contribution in [2.45, 2.75) is 31.9 Å². The van der Waals surface area contributed by atoms with Crippen molar-refractivity contribution < 1.29 is 13.5 Å². The van der Waals surface area contributed by atoms with Crippen LogP contribution < -0.4 is 10.1 Å². The molecule has 0 amide bonds. The highest BCUT2D eigenvalue weighted by molar-refractivity contribution is 5.27. The smallest absolute Gasteiger partial charge is 0.272 e. The lowest BCUT2D eigenvalue weighted by Gasteiger charge is -2.07. The summed E-state index contributed by atoms with van der Waals surface area (Å²) < 4.78 is 28.7. The molecule has 1 aromatic carbocycles. The summed E-state index contributed by atoms with van der Waals surface area (Å²) >= 11 is 0. The minimum atomic E-state index is -2.42. The van der Waals surface area contributed by atoms with Crippen molar-refractivity contribution >= 4 is 0 Å². The molecule has 16 heavy (non-hydrogen) atoms. The molecule has 0 aliphatic heterocycles. The highest BCUT2D eigenvalue weighted by atomic mass is 19.3. The lowest BCUT2D eigenvalue weighted by molar-refractivity contribution is 0.0819. The third-order valence-electron chi connectivity index (χ3n) is 2.47. The summed E-state index contributed by atoms with van der Waals surface area (Å²) in [7, 11) is 0. The second-order valence-corrected chi connectivity index (χ2v) is 4.00. The van der Waals surface area contributed by atoms with E-state index in [9.17, 15) is 8.78 Å². The van der Waals surface area contributed by atoms with Crippen LogP contribution in [0.5, 0.6) is 5.75 Å². The Morgan fingerprint density at radius 2 is 1.94 bits per heavy atom. The molecule has 0 atom stereocenters. The minimum Gasteiger partial charge on any atom is -0.488 e. The summed E-state index contributed by atoms with van der Waals surface area (Å²) in [4.78, 5) is 0. The first-order valence-corrected chi connectivity index (χ1v) is 5.47. The molecule has 2 rings (SSSR count). The van der Waals surface area contributed by atoms with Gasteiger partial charge in [-0.3, -0.25) is 0 Å². The van der Waals surface area contributed by atoms with Gasteiger partial charge in [-0.15, -0.1) is 0 Å². The molecule has 1 aliphatic rings. The van der Waals surface area contributed by atoms with Crippen molar-refractivity contribution in [1.29, 1.82) is 0 Å². The summed E-state index contributed by atoms with van der Waals surface area (Å²) in [5.74, 6) is 0.496. The van der Waals surface area contributed by atoms with Gasteiger partial charge in [0, 0.05) is 12.6 Å². The molecule has 88 valence electrons. The molecule has 4 heteroatoms. The molecule has 2 nitrogen and oxygen atoms in total. The van der Waals surface area contributed by atoms with Crippen LogP contribution in [0, 0.1) is 0 Å². The summed E-state index contributed by atoms with van der Waals surface area (Å²) in [5, 5.41) is 3.38. The average Bonchev–Trinajstić information content (AvgIpc) is 3.09. The fraction of sp³-hybridized carbons (Fsp3) is 0.500. The number of halogens is 2. The van der Waals surface area contributed by atoms with Gasteiger partial charge in [-0.05, 0) is 30.5 Å². The molecule has 1 saturated carbocycles. The Balaban J connectivity index is 1.78. The first-order valence-electron chi connectivity index (χ1n) is 5.47. The average molecular weight is 227 g/mol. The maximum atomic E-state index is 11.9. The molecule has 1 fully saturated rings. The van der Waals surface area contributed by atoms with Crippen LogP contribution in [0.25, 0.3) is 0 Å². The Morgan fingerprint density at radius 1 is 1.25 bits per heavy atom. The maximum absolute atomic E-state index is 11.9. The predicted molar refractivity (Wildman–Crippen MR) is 57.8 cm³/mol. The number of hydrogen-bond acceptors (Lipinski definition) is 2. The van der Waals surface area contributed by atoms with E-state index in [0.717, 1.165) is 12.1 Å². The molecule has 1 N–H and O–H groups in total. The van der Waals surface area contributed by atoms with E-state index in [-0.39, 0.29) is 0 Å². The van der Waals surface area contributed by atoms with Crippen LogP contribution in [-0.2, 0) is 6.54 Å². The lowest BCUT2D eigenvalue weighted by atomic mass is 10.2. The Hall–Kier alpha value is -1.16. The van der Waals surface area contributed by atoms with Crippen LogP contribution in [0.4, 0.5) is 8.78 Å². The van der Waals surface area contributed by atoms with Crippen molar-refractivity contribution in [2.24, 2.45) is 0 Å². The van der Waals surface area contributed by atoms with Gasteiger partial charge in [0.1, 0.15) is 12.4 Å². The van der Waals surface area contributed by atoms with Gasteiger partial charge in [0.05, 0.1) is 0 Å². The zero-order chi connectivity index (χ0) is 11.4. The normalized spacial score (nSPS) is 15.4. The second-order valence-electron chi connectivity index (χ2n) is 4.00. The van der Waals surface area contributed by atoms with E-state index >= 15 is 0 Å². The van der Waals surface area contributed by atoms with E-state index in [1.54, 1.807) is 12.1 Å². The molecule has 0 unspecified atom stereocenters. The van der Waals surface area contributed by atoms with Crippen molar-refractivity contribution in [3.05, 3.63) is 29.8 Å². The standard InChI is InChI=1S/C12H15F2NO/c13-12(14)8-16-11-5-1-9(2-6-11)7-15-10-3-4-10/h1-2,5-6,10,12,15H,3-4,7-8H2. The summed E-state index contributed by atoms with van der Waals surface area (Å²) in [6, 6.07) is 7.93. The molecule has 0 saturated heterocycles. The summed E-state index contributed by atoms with van der Waals surface area (Å²) in [5.41, 5.74) is 1.15. The number of hydrogen-bond donors (Lipinski definition) is 1. The second kappa shape index (κ2) is 5.25. The van der Waals surface area contributed by atoms with Crippen LogP contribution in [0.3, 0.4) is 0 Å². The van der Waals surface area contributed by atoms with Gasteiger partial charge in [0.25, 0.3) is 6.43 Å². The summed E-state index contributed by atoms with van der Waals surface area (Å²) in [6.07, 6.45) is 0.0988. The van der Waals surface area contributed by atoms with Gasteiger partial charge in [-0.2, -0.15) is 0 Å². The molecule has 1 aromatic rings. The van der Waals surface area contributed by atoms with Crippen molar-refractivity contribution in [2.75, 3.05) is 6.61 Å². The molecule has 0 bridgehead atoms. The number of ether oxygens (including phenoxy) is 1. The van der Waals surface area contributed by atoms with Crippen LogP contribution in [-0.4, -0.2) is 19.1 Å². The van der Waals surface area contributed by atoms with Crippen LogP contribution >= 0.6 is 0 Å². The Bertz CT molecular complexity index is 297. The Kier molecular flexibility index (Phi) is 3.72. The van der Waals surface area contributed by atoms with Crippen molar-refractivity contribution in [1.82, 2.24) is 5.32 Å². The van der Waals surface area contributed by atoms with E-state index in [1.165, 1.54) is 12.8 Å². The lowest BCUT2D eigenvalue weighted by Crippen LogP contribution is -2.15. The molecular weight excluding hydrogens is 212 g/mol. The van der Waals surface area contributed by atoms with E-state index in [4.69, 9.17) is 4.74 Å². The first kappa shape index (κ1) is 11.3. The van der Waals surface area contributed by atoms with Crippen LogP contribution in [0.15, 0.2) is 24.3 Å². The number of nitrogens with one attached hydrogen (secondary N) is 1. The zero-order valence-electron chi connectivity index (χ0n) is 8.96. The highest BCUT2D eigenvalue weighted by Crippen LogP contribution is 2.20. The molecule has 0 spiro atoms. The topological polar surface area (TPSA) is 21.3 Å². The van der Waals surface area contributed by atoms with E-state index in [1.807, 2.05) is 12.1 Å². The van der Waals surface area contributed by atoms with Gasteiger partial charge in [0.2, 0.25) is 0 Å². The number of alkyl halides is 2. The monoisotopic (exact) mass is 227 g/mol. The number of benzene rings is 1. The SMILES string of the molecule is FC(F)COc1ccc(CNC2CC2)cc1. The van der Waals surface area contributed by atoms with Crippen molar-refractivity contribution in [3.8, 4) is 5.75 Å². The number of rotatable bonds is 6. The maximum Gasteiger partial charge on any atom is 0.272 e. The third-order valence-corrected chi connectivity index (χ3v) is 2.47. The fourth-order valence-corrected chi connectivity index (χ4v) is 1.41. The Morgan fingerprint density at radius 3 is 2.50 bits per heavy atom. The largest absolute Gasteiger partial charge is 0.488 e. The molecule has 0 heterocycles.